The van der Waals surface area contributed by atoms with Gasteiger partial charge in [-0.25, -0.2) is 0 Å². The molecule has 32 heavy (non-hydrogen) atoms. The minimum absolute atomic E-state index is 0. The van der Waals surface area contributed by atoms with Crippen LogP contribution in [0.25, 0.3) is 0 Å². The number of aryl methyl sites for hydroxylation is 1. The summed E-state index contributed by atoms with van der Waals surface area (Å²) in [6, 6.07) is 4.59. The molecule has 0 aliphatic carbocycles. The summed E-state index contributed by atoms with van der Waals surface area (Å²) in [7, 11) is 1.73. The highest BCUT2D eigenvalue weighted by molar-refractivity contribution is 14.0. The number of aliphatic imine (C=N–C) groups is 1. The van der Waals surface area contributed by atoms with Crippen molar-refractivity contribution in [2.75, 3.05) is 59.7 Å². The standard InChI is InChI=1S/C21H35N7O2S.HI/c1-3-20-26-25-17-28(20)9-8-23-21(22-7-5-12-29-2)24-16-18(19-6-4-15-31-19)27-10-13-30-14-11-27;/h4,6,15,17-18H,3,5,7-14,16H2,1-2H3,(H2,22,23,24);1H. The predicted molar refractivity (Wildman–Crippen MR) is 139 cm³/mol. The maximum atomic E-state index is 5.55. The summed E-state index contributed by atoms with van der Waals surface area (Å²) >= 11 is 1.79. The molecule has 3 rings (SSSR count). The maximum absolute atomic E-state index is 5.55. The molecular weight excluding hydrogens is 541 g/mol. The van der Waals surface area contributed by atoms with Gasteiger partial charge in [-0.05, 0) is 17.9 Å². The third-order valence-corrected chi connectivity index (χ3v) is 6.23. The Morgan fingerprint density at radius 2 is 2.12 bits per heavy atom. The number of nitrogens with one attached hydrogen (secondary N) is 2. The van der Waals surface area contributed by atoms with Crippen LogP contribution < -0.4 is 10.6 Å². The van der Waals surface area contributed by atoms with Gasteiger partial charge in [-0.1, -0.05) is 13.0 Å². The van der Waals surface area contributed by atoms with Gasteiger partial charge >= 0.3 is 0 Å². The molecule has 0 radical (unpaired) electrons. The number of ether oxygens (including phenoxy) is 2. The lowest BCUT2D eigenvalue weighted by Crippen LogP contribution is -2.42. The summed E-state index contributed by atoms with van der Waals surface area (Å²) in [6.07, 6.45) is 3.59. The van der Waals surface area contributed by atoms with Crippen LogP contribution >= 0.6 is 35.3 Å². The number of halogens is 1. The van der Waals surface area contributed by atoms with Gasteiger partial charge in [-0.15, -0.1) is 45.5 Å². The molecule has 2 aromatic heterocycles. The smallest absolute Gasteiger partial charge is 0.191 e. The Bertz CT molecular complexity index is 766. The van der Waals surface area contributed by atoms with Crippen molar-refractivity contribution in [2.45, 2.75) is 32.4 Å². The van der Waals surface area contributed by atoms with Crippen LogP contribution in [-0.4, -0.2) is 85.3 Å². The van der Waals surface area contributed by atoms with Gasteiger partial charge in [0.2, 0.25) is 0 Å². The van der Waals surface area contributed by atoms with Gasteiger partial charge in [0.15, 0.2) is 5.96 Å². The summed E-state index contributed by atoms with van der Waals surface area (Å²) in [4.78, 5) is 8.78. The maximum Gasteiger partial charge on any atom is 0.191 e. The number of hydrogen-bond donors (Lipinski definition) is 2. The van der Waals surface area contributed by atoms with Crippen LogP contribution in [0.3, 0.4) is 0 Å². The Labute approximate surface area is 212 Å². The van der Waals surface area contributed by atoms with Crippen molar-refractivity contribution in [1.82, 2.24) is 30.3 Å². The van der Waals surface area contributed by atoms with Crippen molar-refractivity contribution in [3.8, 4) is 0 Å². The number of guanidine groups is 1. The lowest BCUT2D eigenvalue weighted by Gasteiger charge is -2.33. The van der Waals surface area contributed by atoms with E-state index in [1.165, 1.54) is 4.88 Å². The van der Waals surface area contributed by atoms with Crippen molar-refractivity contribution in [2.24, 2.45) is 4.99 Å². The summed E-state index contributed by atoms with van der Waals surface area (Å²) in [5, 5.41) is 17.2. The van der Waals surface area contributed by atoms with Crippen LogP contribution in [0.1, 0.15) is 30.1 Å². The summed E-state index contributed by atoms with van der Waals surface area (Å²) in [5.41, 5.74) is 0. The predicted octanol–water partition coefficient (Wildman–Crippen LogP) is 2.17. The highest BCUT2D eigenvalue weighted by Gasteiger charge is 2.23. The third kappa shape index (κ3) is 8.58. The van der Waals surface area contributed by atoms with Crippen LogP contribution in [-0.2, 0) is 22.4 Å². The molecule has 1 saturated heterocycles. The van der Waals surface area contributed by atoms with E-state index in [2.05, 4.69) is 54.7 Å². The molecule has 0 spiro atoms. The highest BCUT2D eigenvalue weighted by atomic mass is 127. The quantitative estimate of drug-likeness (QED) is 0.173. The van der Waals surface area contributed by atoms with E-state index >= 15 is 0 Å². The first-order valence-electron chi connectivity index (χ1n) is 11.0. The fourth-order valence-electron chi connectivity index (χ4n) is 3.56. The second kappa shape index (κ2) is 15.5. The first-order valence-corrected chi connectivity index (χ1v) is 11.9. The zero-order valence-electron chi connectivity index (χ0n) is 19.0. The van der Waals surface area contributed by atoms with Crippen molar-refractivity contribution >= 4 is 41.3 Å². The second-order valence-electron chi connectivity index (χ2n) is 7.36. The molecule has 1 fully saturated rings. The van der Waals surface area contributed by atoms with E-state index in [1.807, 2.05) is 0 Å². The fraction of sp³-hybridized carbons (Fsp3) is 0.667. The number of hydrogen-bond acceptors (Lipinski definition) is 7. The molecule has 1 aliphatic heterocycles. The molecule has 1 aliphatic rings. The molecular formula is C21H36IN7O2S. The monoisotopic (exact) mass is 577 g/mol. The lowest BCUT2D eigenvalue weighted by atomic mass is 10.2. The van der Waals surface area contributed by atoms with Crippen molar-refractivity contribution < 1.29 is 9.47 Å². The van der Waals surface area contributed by atoms with Gasteiger partial charge in [0.1, 0.15) is 12.2 Å². The molecule has 0 aromatic carbocycles. The van der Waals surface area contributed by atoms with Crippen LogP contribution in [0, 0.1) is 0 Å². The first-order chi connectivity index (χ1) is 15.3. The van der Waals surface area contributed by atoms with Gasteiger partial charge in [-0.3, -0.25) is 9.89 Å². The number of aromatic nitrogens is 3. The van der Waals surface area contributed by atoms with Crippen molar-refractivity contribution in [1.29, 1.82) is 0 Å². The minimum atomic E-state index is 0. The Kier molecular flexibility index (Phi) is 13.1. The Morgan fingerprint density at radius 1 is 1.31 bits per heavy atom. The lowest BCUT2D eigenvalue weighted by molar-refractivity contribution is 0.0186. The fourth-order valence-corrected chi connectivity index (χ4v) is 4.42. The van der Waals surface area contributed by atoms with Gasteiger partial charge in [0, 0.05) is 57.7 Å². The summed E-state index contributed by atoms with van der Waals surface area (Å²) in [6.45, 7) is 9.33. The van der Waals surface area contributed by atoms with E-state index in [0.717, 1.165) is 77.2 Å². The normalized spacial score (nSPS) is 15.9. The molecule has 180 valence electrons. The molecule has 0 bridgehead atoms. The van der Waals surface area contributed by atoms with E-state index in [1.54, 1.807) is 24.8 Å². The van der Waals surface area contributed by atoms with Crippen molar-refractivity contribution in [3.63, 3.8) is 0 Å². The Morgan fingerprint density at radius 3 is 2.84 bits per heavy atom. The average Bonchev–Trinajstić information content (AvgIpc) is 3.49. The number of nitrogens with zero attached hydrogens (tertiary/aromatic N) is 5. The van der Waals surface area contributed by atoms with E-state index in [9.17, 15) is 0 Å². The molecule has 3 heterocycles. The zero-order chi connectivity index (χ0) is 21.7. The van der Waals surface area contributed by atoms with Crippen molar-refractivity contribution in [3.05, 3.63) is 34.5 Å². The van der Waals surface area contributed by atoms with Crippen LogP contribution in [0.5, 0.6) is 0 Å². The number of thiophene rings is 1. The third-order valence-electron chi connectivity index (χ3n) is 5.26. The average molecular weight is 578 g/mol. The second-order valence-corrected chi connectivity index (χ2v) is 8.34. The number of rotatable bonds is 12. The SMILES string of the molecule is CCc1nncn1CCNC(=NCC(c1cccs1)N1CCOCC1)NCCCOC.I. The molecule has 2 aromatic rings. The van der Waals surface area contributed by atoms with Gasteiger partial charge < -0.3 is 24.7 Å². The number of morpholine rings is 1. The molecule has 11 heteroatoms. The van der Waals surface area contributed by atoms with Crippen LogP contribution in [0.4, 0.5) is 0 Å². The Balaban J connectivity index is 0.00000363. The molecule has 0 saturated carbocycles. The minimum Gasteiger partial charge on any atom is -0.385 e. The highest BCUT2D eigenvalue weighted by Crippen LogP contribution is 2.26. The topological polar surface area (TPSA) is 88.8 Å². The molecule has 1 unspecified atom stereocenters. The van der Waals surface area contributed by atoms with E-state index in [-0.39, 0.29) is 30.0 Å². The van der Waals surface area contributed by atoms with Gasteiger partial charge in [-0.2, -0.15) is 0 Å². The molecule has 1 atom stereocenters. The zero-order valence-corrected chi connectivity index (χ0v) is 22.2. The Hall–Kier alpha value is -1.28. The molecule has 2 N–H and O–H groups in total. The van der Waals surface area contributed by atoms with E-state index in [0.29, 0.717) is 6.54 Å². The summed E-state index contributed by atoms with van der Waals surface area (Å²) in [5.74, 6) is 1.83. The van der Waals surface area contributed by atoms with Gasteiger partial charge in [0.05, 0.1) is 25.8 Å². The van der Waals surface area contributed by atoms with Crippen LogP contribution in [0.2, 0.25) is 0 Å². The van der Waals surface area contributed by atoms with Gasteiger partial charge in [0.25, 0.3) is 0 Å². The number of methoxy groups -OCH3 is 1. The molecule has 0 amide bonds. The largest absolute Gasteiger partial charge is 0.385 e. The van der Waals surface area contributed by atoms with Crippen LogP contribution in [0.15, 0.2) is 28.8 Å². The first kappa shape index (κ1) is 27.0. The van der Waals surface area contributed by atoms with E-state index in [4.69, 9.17) is 14.5 Å². The van der Waals surface area contributed by atoms with E-state index < -0.39 is 0 Å². The summed E-state index contributed by atoms with van der Waals surface area (Å²) < 4.78 is 12.8. The molecule has 9 nitrogen and oxygen atoms in total.